The summed E-state index contributed by atoms with van der Waals surface area (Å²) in [5.74, 6) is 0.302. The van der Waals surface area contributed by atoms with E-state index in [-0.39, 0.29) is 24.3 Å². The zero-order chi connectivity index (χ0) is 22.6. The van der Waals surface area contributed by atoms with E-state index in [0.29, 0.717) is 17.1 Å². The second kappa shape index (κ2) is 9.52. The van der Waals surface area contributed by atoms with E-state index in [4.69, 9.17) is 0 Å². The maximum atomic E-state index is 12.6. The Kier molecular flexibility index (Phi) is 7.01. The molecule has 0 aliphatic carbocycles. The maximum Gasteiger partial charge on any atom is 0.573 e. The van der Waals surface area contributed by atoms with Crippen molar-refractivity contribution in [3.8, 4) is 17.0 Å². The highest BCUT2D eigenvalue weighted by molar-refractivity contribution is 9.10. The normalized spacial score (nSPS) is 12.4. The molecule has 2 aromatic carbocycles. The van der Waals surface area contributed by atoms with Gasteiger partial charge in [-0.3, -0.25) is 0 Å². The van der Waals surface area contributed by atoms with E-state index in [1.807, 2.05) is 25.1 Å². The predicted octanol–water partition coefficient (Wildman–Crippen LogP) is 5.65. The lowest BCUT2D eigenvalue weighted by molar-refractivity contribution is -0.274. The summed E-state index contributed by atoms with van der Waals surface area (Å²) in [6.45, 7) is 3.54. The van der Waals surface area contributed by atoms with Gasteiger partial charge in [0.2, 0.25) is 5.95 Å². The Bertz CT molecular complexity index is 1060. The number of aliphatic hydroxyl groups excluding tert-OH is 1. The van der Waals surface area contributed by atoms with E-state index >= 15 is 0 Å². The molecule has 0 aliphatic heterocycles. The molecule has 0 radical (unpaired) electrons. The molecule has 3 N–H and O–H groups in total. The van der Waals surface area contributed by atoms with Gasteiger partial charge in [-0.05, 0) is 43.7 Å². The predicted molar refractivity (Wildman–Crippen MR) is 116 cm³/mol. The van der Waals surface area contributed by atoms with Gasteiger partial charge < -0.3 is 20.5 Å². The van der Waals surface area contributed by atoms with Crippen LogP contribution in [0.3, 0.4) is 0 Å². The molecule has 6 nitrogen and oxygen atoms in total. The SMILES string of the molecule is Cc1c(Br)cccc1Nc1cc(-c2cccc(OC(F)(F)F)c2)nc(N[C@H](C)CO)n1. The fourth-order valence-corrected chi connectivity index (χ4v) is 3.09. The topological polar surface area (TPSA) is 79.3 Å². The molecule has 1 aromatic heterocycles. The second-order valence-electron chi connectivity index (χ2n) is 6.80. The number of nitrogens with zero attached hydrogens (tertiary/aromatic N) is 2. The average molecular weight is 497 g/mol. The number of ether oxygens (including phenoxy) is 1. The number of halogens is 4. The van der Waals surface area contributed by atoms with Crippen molar-refractivity contribution in [1.29, 1.82) is 0 Å². The van der Waals surface area contributed by atoms with Crippen molar-refractivity contribution in [3.63, 3.8) is 0 Å². The summed E-state index contributed by atoms with van der Waals surface area (Å²) in [5, 5.41) is 15.5. The Morgan fingerprint density at radius 2 is 1.87 bits per heavy atom. The standard InChI is InChI=1S/C21H20BrF3N4O2/c1-12(11-30)26-20-28-18(14-5-3-6-15(9-14)31-21(23,24)25)10-19(29-20)27-17-8-4-7-16(22)13(17)2/h3-10,12,30H,11H2,1-2H3,(H2,26,27,28,29)/t12-/m1/s1. The third kappa shape index (κ3) is 6.31. The maximum absolute atomic E-state index is 12.6. The van der Waals surface area contributed by atoms with Gasteiger partial charge in [0.1, 0.15) is 11.6 Å². The number of nitrogens with one attached hydrogen (secondary N) is 2. The zero-order valence-electron chi connectivity index (χ0n) is 16.7. The monoisotopic (exact) mass is 496 g/mol. The van der Waals surface area contributed by atoms with Crippen LogP contribution in [0.1, 0.15) is 12.5 Å². The molecular formula is C21H20BrF3N4O2. The number of hydrogen-bond donors (Lipinski definition) is 3. The van der Waals surface area contributed by atoms with Crippen LogP contribution in [0.15, 0.2) is 53.0 Å². The average Bonchev–Trinajstić information content (AvgIpc) is 2.70. The molecule has 0 bridgehead atoms. The number of alkyl halides is 3. The summed E-state index contributed by atoms with van der Waals surface area (Å²) in [4.78, 5) is 8.82. The fourth-order valence-electron chi connectivity index (χ4n) is 2.72. The van der Waals surface area contributed by atoms with Gasteiger partial charge in [-0.2, -0.15) is 4.98 Å². The molecule has 0 unspecified atom stereocenters. The zero-order valence-corrected chi connectivity index (χ0v) is 18.3. The summed E-state index contributed by atoms with van der Waals surface area (Å²) >= 11 is 3.48. The first-order valence-corrected chi connectivity index (χ1v) is 10.1. The van der Waals surface area contributed by atoms with Crippen LogP contribution in [0, 0.1) is 6.92 Å². The van der Waals surface area contributed by atoms with Gasteiger partial charge in [-0.1, -0.05) is 34.1 Å². The Morgan fingerprint density at radius 3 is 2.58 bits per heavy atom. The molecule has 31 heavy (non-hydrogen) atoms. The number of hydrogen-bond acceptors (Lipinski definition) is 6. The molecule has 0 amide bonds. The summed E-state index contributed by atoms with van der Waals surface area (Å²) in [6, 6.07) is 12.5. The van der Waals surface area contributed by atoms with Gasteiger partial charge in [-0.25, -0.2) is 4.98 Å². The minimum atomic E-state index is -4.79. The van der Waals surface area contributed by atoms with Crippen LogP contribution in [0.2, 0.25) is 0 Å². The van der Waals surface area contributed by atoms with Gasteiger partial charge in [0.15, 0.2) is 0 Å². The van der Waals surface area contributed by atoms with Crippen molar-refractivity contribution < 1.29 is 23.0 Å². The molecule has 3 rings (SSSR count). The Balaban J connectivity index is 2.01. The molecule has 3 aromatic rings. The summed E-state index contributed by atoms with van der Waals surface area (Å²) in [6.07, 6.45) is -4.79. The smallest absolute Gasteiger partial charge is 0.406 e. The minimum absolute atomic E-state index is 0.143. The Morgan fingerprint density at radius 1 is 1.13 bits per heavy atom. The number of aromatic nitrogens is 2. The van der Waals surface area contributed by atoms with E-state index < -0.39 is 6.36 Å². The summed E-state index contributed by atoms with van der Waals surface area (Å²) in [7, 11) is 0. The van der Waals surface area contributed by atoms with E-state index in [0.717, 1.165) is 15.7 Å². The first-order chi connectivity index (χ1) is 14.6. The number of benzene rings is 2. The highest BCUT2D eigenvalue weighted by Crippen LogP contribution is 2.31. The Hall–Kier alpha value is -2.85. The molecule has 0 saturated carbocycles. The highest BCUT2D eigenvalue weighted by atomic mass is 79.9. The first-order valence-electron chi connectivity index (χ1n) is 9.29. The van der Waals surface area contributed by atoms with Crippen LogP contribution in [-0.2, 0) is 0 Å². The van der Waals surface area contributed by atoms with Gasteiger partial charge in [0.25, 0.3) is 0 Å². The van der Waals surface area contributed by atoms with E-state index in [1.54, 1.807) is 19.1 Å². The van der Waals surface area contributed by atoms with E-state index in [1.165, 1.54) is 18.2 Å². The largest absolute Gasteiger partial charge is 0.573 e. The van der Waals surface area contributed by atoms with Crippen LogP contribution in [0.4, 0.5) is 30.6 Å². The lowest BCUT2D eigenvalue weighted by Crippen LogP contribution is -2.21. The van der Waals surface area contributed by atoms with Crippen LogP contribution in [0.5, 0.6) is 5.75 Å². The third-order valence-electron chi connectivity index (χ3n) is 4.27. The van der Waals surface area contributed by atoms with Gasteiger partial charge in [0, 0.05) is 27.8 Å². The van der Waals surface area contributed by atoms with E-state index in [9.17, 15) is 18.3 Å². The van der Waals surface area contributed by atoms with Crippen LogP contribution >= 0.6 is 15.9 Å². The van der Waals surface area contributed by atoms with Crippen molar-refractivity contribution in [3.05, 3.63) is 58.6 Å². The first kappa shape index (κ1) is 22.8. The fraction of sp³-hybridized carbons (Fsp3) is 0.238. The van der Waals surface area contributed by atoms with Gasteiger partial charge >= 0.3 is 6.36 Å². The quantitative estimate of drug-likeness (QED) is 0.392. The molecule has 1 atom stereocenters. The van der Waals surface area contributed by atoms with Crippen molar-refractivity contribution in [2.75, 3.05) is 17.2 Å². The molecule has 0 aliphatic rings. The lowest BCUT2D eigenvalue weighted by Gasteiger charge is -2.16. The van der Waals surface area contributed by atoms with E-state index in [2.05, 4.69) is 41.3 Å². The van der Waals surface area contributed by atoms with Crippen molar-refractivity contribution in [2.45, 2.75) is 26.3 Å². The molecule has 164 valence electrons. The number of rotatable bonds is 7. The summed E-state index contributed by atoms with van der Waals surface area (Å²) in [5.41, 5.74) is 2.55. The van der Waals surface area contributed by atoms with Crippen LogP contribution in [-0.4, -0.2) is 34.1 Å². The summed E-state index contributed by atoms with van der Waals surface area (Å²) < 4.78 is 42.7. The molecule has 0 fully saturated rings. The molecule has 10 heteroatoms. The molecule has 1 heterocycles. The number of anilines is 3. The number of aliphatic hydroxyl groups is 1. The minimum Gasteiger partial charge on any atom is -0.406 e. The third-order valence-corrected chi connectivity index (χ3v) is 5.13. The molecule has 0 spiro atoms. The van der Waals surface area contributed by atoms with Crippen molar-refractivity contribution in [2.24, 2.45) is 0 Å². The van der Waals surface area contributed by atoms with Gasteiger partial charge in [0.05, 0.1) is 12.3 Å². The van der Waals surface area contributed by atoms with Crippen LogP contribution < -0.4 is 15.4 Å². The van der Waals surface area contributed by atoms with Crippen molar-refractivity contribution in [1.82, 2.24) is 9.97 Å². The van der Waals surface area contributed by atoms with Crippen LogP contribution in [0.25, 0.3) is 11.3 Å². The highest BCUT2D eigenvalue weighted by Gasteiger charge is 2.31. The van der Waals surface area contributed by atoms with Crippen molar-refractivity contribution >= 4 is 33.4 Å². The molecule has 0 saturated heterocycles. The van der Waals surface area contributed by atoms with Gasteiger partial charge in [-0.15, -0.1) is 13.2 Å². The second-order valence-corrected chi connectivity index (χ2v) is 7.66. The Labute approximate surface area is 185 Å². The molecular weight excluding hydrogens is 477 g/mol. The lowest BCUT2D eigenvalue weighted by atomic mass is 10.1.